The molecule has 0 bridgehead atoms. The van der Waals surface area contributed by atoms with Crippen LogP contribution in [-0.2, 0) is 6.54 Å². The Balaban J connectivity index is 1.92. The highest BCUT2D eigenvalue weighted by Gasteiger charge is 2.30. The molecule has 20 heavy (non-hydrogen) atoms. The van der Waals surface area contributed by atoms with Crippen molar-refractivity contribution in [1.29, 1.82) is 0 Å². The Morgan fingerprint density at radius 2 is 1.70 bits per heavy atom. The number of halogens is 2. The van der Waals surface area contributed by atoms with E-state index < -0.39 is 0 Å². The molecule has 0 aromatic heterocycles. The Labute approximate surface area is 137 Å². The van der Waals surface area contributed by atoms with Gasteiger partial charge in [-0.25, -0.2) is 0 Å². The number of aliphatic hydroxyl groups excluding tert-OH is 1. The average molecular weight is 407 g/mol. The predicted octanol–water partition coefficient (Wildman–Crippen LogP) is 3.95. The number of rotatable bonds is 5. The van der Waals surface area contributed by atoms with Crippen molar-refractivity contribution in [2.45, 2.75) is 38.6 Å². The maximum atomic E-state index is 9.69. The van der Waals surface area contributed by atoms with Crippen molar-refractivity contribution in [3.63, 3.8) is 0 Å². The molecule has 112 valence electrons. The van der Waals surface area contributed by atoms with Crippen LogP contribution in [0.3, 0.4) is 0 Å². The van der Waals surface area contributed by atoms with Crippen LogP contribution >= 0.6 is 31.9 Å². The van der Waals surface area contributed by atoms with Crippen LogP contribution in [0.2, 0.25) is 0 Å². The van der Waals surface area contributed by atoms with Gasteiger partial charge in [-0.15, -0.1) is 0 Å². The van der Waals surface area contributed by atoms with Gasteiger partial charge in [0.2, 0.25) is 0 Å². The number of hydrogen-bond acceptors (Lipinski definition) is 3. The lowest BCUT2D eigenvalue weighted by Crippen LogP contribution is -2.38. The van der Waals surface area contributed by atoms with Crippen molar-refractivity contribution in [3.8, 4) is 5.75 Å². The summed E-state index contributed by atoms with van der Waals surface area (Å²) < 4.78 is 1.39. The van der Waals surface area contributed by atoms with Gasteiger partial charge in [-0.3, -0.25) is 0 Å². The second kappa shape index (κ2) is 7.25. The van der Waals surface area contributed by atoms with Gasteiger partial charge in [0.1, 0.15) is 5.75 Å². The molecule has 1 aromatic rings. The summed E-state index contributed by atoms with van der Waals surface area (Å²) in [6.07, 6.45) is 5.95. The molecule has 5 heteroatoms. The van der Waals surface area contributed by atoms with Crippen LogP contribution in [0.4, 0.5) is 0 Å². The molecule has 3 nitrogen and oxygen atoms in total. The van der Waals surface area contributed by atoms with Crippen LogP contribution in [0.15, 0.2) is 21.1 Å². The number of aromatic hydroxyl groups is 1. The lowest BCUT2D eigenvalue weighted by molar-refractivity contribution is 0.0810. The first-order valence-electron chi connectivity index (χ1n) is 7.05. The molecule has 0 unspecified atom stereocenters. The Kier molecular flexibility index (Phi) is 5.90. The summed E-state index contributed by atoms with van der Waals surface area (Å²) in [5, 5.41) is 22.8. The summed E-state index contributed by atoms with van der Waals surface area (Å²) in [5.41, 5.74) is 1.16. The third kappa shape index (κ3) is 3.97. The van der Waals surface area contributed by atoms with E-state index in [0.29, 0.717) is 8.95 Å². The molecule has 1 aromatic carbocycles. The van der Waals surface area contributed by atoms with E-state index in [2.05, 4.69) is 37.2 Å². The highest BCUT2D eigenvalue weighted by molar-refractivity contribution is 9.11. The molecule has 1 aliphatic carbocycles. The molecule has 1 saturated carbocycles. The zero-order chi connectivity index (χ0) is 14.6. The molecule has 0 aliphatic heterocycles. The molecule has 2 rings (SSSR count). The van der Waals surface area contributed by atoms with Gasteiger partial charge < -0.3 is 15.5 Å². The average Bonchev–Trinajstić information content (AvgIpc) is 2.45. The van der Waals surface area contributed by atoms with Crippen LogP contribution < -0.4 is 5.32 Å². The Hall–Kier alpha value is -0.100. The van der Waals surface area contributed by atoms with Gasteiger partial charge >= 0.3 is 0 Å². The van der Waals surface area contributed by atoms with E-state index >= 15 is 0 Å². The molecule has 0 heterocycles. The maximum absolute atomic E-state index is 9.69. The van der Waals surface area contributed by atoms with Crippen molar-refractivity contribution in [3.05, 3.63) is 26.6 Å². The largest absolute Gasteiger partial charge is 0.506 e. The number of phenols is 1. The highest BCUT2D eigenvalue weighted by Crippen LogP contribution is 2.36. The molecule has 0 spiro atoms. The fourth-order valence-corrected chi connectivity index (χ4v) is 4.17. The molecule has 3 N–H and O–H groups in total. The van der Waals surface area contributed by atoms with Crippen LogP contribution in [0, 0.1) is 5.41 Å². The molecular weight excluding hydrogens is 386 g/mol. The second-order valence-electron chi connectivity index (χ2n) is 5.73. The summed E-state index contributed by atoms with van der Waals surface area (Å²) in [6.45, 7) is 1.85. The Morgan fingerprint density at radius 3 is 2.25 bits per heavy atom. The zero-order valence-electron chi connectivity index (χ0n) is 11.5. The minimum Gasteiger partial charge on any atom is -0.506 e. The van der Waals surface area contributed by atoms with Crippen molar-refractivity contribution < 1.29 is 10.2 Å². The summed E-state index contributed by atoms with van der Waals surface area (Å²) in [7, 11) is 0. The van der Waals surface area contributed by atoms with Crippen molar-refractivity contribution >= 4 is 31.9 Å². The summed E-state index contributed by atoms with van der Waals surface area (Å²) in [5.74, 6) is 0.229. The van der Waals surface area contributed by atoms with Crippen molar-refractivity contribution in [2.24, 2.45) is 5.41 Å². The number of benzene rings is 1. The summed E-state index contributed by atoms with van der Waals surface area (Å²) >= 11 is 6.68. The van der Waals surface area contributed by atoms with E-state index in [0.717, 1.165) is 31.5 Å². The van der Waals surface area contributed by atoms with Crippen LogP contribution in [-0.4, -0.2) is 23.4 Å². The zero-order valence-corrected chi connectivity index (χ0v) is 14.6. The van der Waals surface area contributed by atoms with Crippen LogP contribution in [0.1, 0.15) is 37.7 Å². The standard InChI is InChI=1S/C15H21Br2NO2/c16-12-6-11(7-13(17)14(12)20)8-18-9-15(10-19)4-2-1-3-5-15/h6-7,18-20H,1-5,8-10H2. The number of hydrogen-bond donors (Lipinski definition) is 3. The molecule has 0 saturated heterocycles. The van der Waals surface area contributed by atoms with Gasteiger partial charge in [0.25, 0.3) is 0 Å². The Bertz CT molecular complexity index is 436. The third-order valence-corrected chi connectivity index (χ3v) is 5.36. The molecule has 0 amide bonds. The maximum Gasteiger partial charge on any atom is 0.143 e. The minimum absolute atomic E-state index is 0.0592. The second-order valence-corrected chi connectivity index (χ2v) is 7.44. The van der Waals surface area contributed by atoms with Gasteiger partial charge in [-0.05, 0) is 62.4 Å². The van der Waals surface area contributed by atoms with E-state index in [1.807, 2.05) is 12.1 Å². The van der Waals surface area contributed by atoms with Crippen LogP contribution in [0.25, 0.3) is 0 Å². The first-order chi connectivity index (χ1) is 9.56. The Morgan fingerprint density at radius 1 is 1.10 bits per heavy atom. The molecule has 1 aliphatic rings. The number of aliphatic hydroxyl groups is 1. The monoisotopic (exact) mass is 405 g/mol. The SMILES string of the molecule is OCC1(CNCc2cc(Br)c(O)c(Br)c2)CCCCC1. The molecule has 0 radical (unpaired) electrons. The van der Waals surface area contributed by atoms with Gasteiger partial charge in [0, 0.05) is 25.1 Å². The number of phenolic OH excluding ortho intramolecular Hbond substituents is 1. The first kappa shape index (κ1) is 16.3. The highest BCUT2D eigenvalue weighted by atomic mass is 79.9. The molecule has 0 atom stereocenters. The minimum atomic E-state index is 0.0592. The van der Waals surface area contributed by atoms with E-state index in [4.69, 9.17) is 0 Å². The number of nitrogens with one attached hydrogen (secondary N) is 1. The van der Waals surface area contributed by atoms with E-state index in [1.165, 1.54) is 19.3 Å². The summed E-state index contributed by atoms with van der Waals surface area (Å²) in [4.78, 5) is 0. The lowest BCUT2D eigenvalue weighted by Gasteiger charge is -2.35. The van der Waals surface area contributed by atoms with Gasteiger partial charge in [0.15, 0.2) is 0 Å². The van der Waals surface area contributed by atoms with Gasteiger partial charge in [-0.2, -0.15) is 0 Å². The first-order valence-corrected chi connectivity index (χ1v) is 8.63. The molecule has 1 fully saturated rings. The quantitative estimate of drug-likeness (QED) is 0.693. The molecular formula is C15H21Br2NO2. The van der Waals surface area contributed by atoms with E-state index in [1.54, 1.807) is 0 Å². The predicted molar refractivity (Wildman–Crippen MR) is 87.8 cm³/mol. The lowest BCUT2D eigenvalue weighted by atomic mass is 9.74. The normalized spacial score (nSPS) is 18.1. The van der Waals surface area contributed by atoms with E-state index in [-0.39, 0.29) is 17.8 Å². The smallest absolute Gasteiger partial charge is 0.143 e. The van der Waals surface area contributed by atoms with Gasteiger partial charge in [0.05, 0.1) is 8.95 Å². The van der Waals surface area contributed by atoms with Gasteiger partial charge in [-0.1, -0.05) is 19.3 Å². The topological polar surface area (TPSA) is 52.5 Å². The third-order valence-electron chi connectivity index (χ3n) is 4.16. The summed E-state index contributed by atoms with van der Waals surface area (Å²) in [6, 6.07) is 3.83. The van der Waals surface area contributed by atoms with Crippen LogP contribution in [0.5, 0.6) is 5.75 Å². The van der Waals surface area contributed by atoms with E-state index in [9.17, 15) is 10.2 Å². The fraction of sp³-hybridized carbons (Fsp3) is 0.600. The fourth-order valence-electron chi connectivity index (χ4n) is 2.88. The van der Waals surface area contributed by atoms with Crippen molar-refractivity contribution in [2.75, 3.05) is 13.2 Å². The van der Waals surface area contributed by atoms with Crippen molar-refractivity contribution in [1.82, 2.24) is 5.32 Å².